The molecule has 1 aromatic heterocycles. The van der Waals surface area contributed by atoms with Crippen LogP contribution < -0.4 is 0 Å². The highest BCUT2D eigenvalue weighted by atomic mass is 35.5. The molecule has 0 aliphatic rings. The fourth-order valence-electron chi connectivity index (χ4n) is 0.762. The Hall–Kier alpha value is -1.23. The predicted octanol–water partition coefficient (Wildman–Crippen LogP) is 2.37. The summed E-state index contributed by atoms with van der Waals surface area (Å²) in [6, 6.07) is 0. The standard InChI is InChI=1S/C7H4ClF2NO2/c8-5-3(6(9)10)1-11-2-4(5)7(12)13/h1-2,6H,(H,12,13). The van der Waals surface area contributed by atoms with E-state index in [1.165, 1.54) is 0 Å². The molecule has 0 saturated carbocycles. The molecule has 70 valence electrons. The van der Waals surface area contributed by atoms with Crippen molar-refractivity contribution in [3.63, 3.8) is 0 Å². The average Bonchev–Trinajstić information content (AvgIpc) is 2.03. The van der Waals surface area contributed by atoms with E-state index in [1.807, 2.05) is 0 Å². The van der Waals surface area contributed by atoms with Crippen LogP contribution in [0.2, 0.25) is 5.02 Å². The summed E-state index contributed by atoms with van der Waals surface area (Å²) in [7, 11) is 0. The molecule has 0 aliphatic heterocycles. The highest BCUT2D eigenvalue weighted by molar-refractivity contribution is 6.34. The minimum Gasteiger partial charge on any atom is -0.478 e. The van der Waals surface area contributed by atoms with E-state index >= 15 is 0 Å². The van der Waals surface area contributed by atoms with Crippen molar-refractivity contribution in [2.75, 3.05) is 0 Å². The molecule has 0 aliphatic carbocycles. The molecule has 0 amide bonds. The Kier molecular flexibility index (Phi) is 2.77. The number of hydrogen-bond acceptors (Lipinski definition) is 2. The summed E-state index contributed by atoms with van der Waals surface area (Å²) in [5.74, 6) is -1.38. The normalized spacial score (nSPS) is 10.5. The molecule has 0 fully saturated rings. The first kappa shape index (κ1) is 9.85. The summed E-state index contributed by atoms with van der Waals surface area (Å²) in [6.45, 7) is 0. The van der Waals surface area contributed by atoms with Crippen LogP contribution in [0.1, 0.15) is 22.3 Å². The van der Waals surface area contributed by atoms with Gasteiger partial charge in [0.1, 0.15) is 0 Å². The largest absolute Gasteiger partial charge is 0.478 e. The molecule has 1 heterocycles. The molecule has 13 heavy (non-hydrogen) atoms. The maximum Gasteiger partial charge on any atom is 0.338 e. The molecule has 1 aromatic rings. The third-order valence-corrected chi connectivity index (χ3v) is 1.79. The van der Waals surface area contributed by atoms with Gasteiger partial charge in [0.05, 0.1) is 16.1 Å². The van der Waals surface area contributed by atoms with Crippen LogP contribution in [0.15, 0.2) is 12.4 Å². The van der Waals surface area contributed by atoms with E-state index in [0.29, 0.717) is 0 Å². The van der Waals surface area contributed by atoms with Crippen LogP contribution in [0.4, 0.5) is 8.78 Å². The molecule has 0 aromatic carbocycles. The van der Waals surface area contributed by atoms with Gasteiger partial charge in [-0.15, -0.1) is 0 Å². The fourth-order valence-corrected chi connectivity index (χ4v) is 1.02. The summed E-state index contributed by atoms with van der Waals surface area (Å²) in [4.78, 5) is 13.8. The van der Waals surface area contributed by atoms with E-state index in [-0.39, 0.29) is 0 Å². The number of hydrogen-bond donors (Lipinski definition) is 1. The molecule has 0 radical (unpaired) electrons. The Bertz CT molecular complexity index is 343. The Morgan fingerprint density at radius 3 is 2.62 bits per heavy atom. The predicted molar refractivity (Wildman–Crippen MR) is 41.2 cm³/mol. The van der Waals surface area contributed by atoms with Crippen LogP contribution in [0.25, 0.3) is 0 Å². The van der Waals surface area contributed by atoms with E-state index in [2.05, 4.69) is 4.98 Å². The van der Waals surface area contributed by atoms with Crippen molar-refractivity contribution in [1.29, 1.82) is 0 Å². The minimum atomic E-state index is -2.82. The zero-order valence-corrected chi connectivity index (χ0v) is 6.92. The highest BCUT2D eigenvalue weighted by Gasteiger charge is 2.18. The SMILES string of the molecule is O=C(O)c1cncc(C(F)F)c1Cl. The second-order valence-corrected chi connectivity index (χ2v) is 2.57. The Labute approximate surface area is 77.0 Å². The number of aromatic carboxylic acids is 1. The van der Waals surface area contributed by atoms with Crippen LogP contribution >= 0.6 is 11.6 Å². The van der Waals surface area contributed by atoms with E-state index in [0.717, 1.165) is 12.4 Å². The lowest BCUT2D eigenvalue weighted by atomic mass is 10.2. The first-order valence-corrected chi connectivity index (χ1v) is 3.56. The Morgan fingerprint density at radius 1 is 1.54 bits per heavy atom. The molecule has 0 unspecified atom stereocenters. The molecule has 1 rings (SSSR count). The number of carbonyl (C=O) groups is 1. The minimum absolute atomic E-state index is 0.417. The van der Waals surface area contributed by atoms with Gasteiger partial charge in [-0.05, 0) is 0 Å². The summed E-state index contributed by atoms with van der Waals surface area (Å²) >= 11 is 5.40. The third kappa shape index (κ3) is 1.92. The second kappa shape index (κ2) is 3.66. The third-order valence-electron chi connectivity index (χ3n) is 1.37. The van der Waals surface area contributed by atoms with Crippen molar-refractivity contribution in [3.05, 3.63) is 28.5 Å². The number of carboxylic acids is 1. The first-order chi connectivity index (χ1) is 6.04. The van der Waals surface area contributed by atoms with Gasteiger partial charge in [-0.2, -0.15) is 0 Å². The number of carboxylic acid groups (broad SMARTS) is 1. The molecule has 6 heteroatoms. The lowest BCUT2D eigenvalue weighted by molar-refractivity contribution is 0.0696. The number of alkyl halides is 2. The molecular formula is C7H4ClF2NO2. The van der Waals surface area contributed by atoms with E-state index in [1.54, 1.807) is 0 Å². The summed E-state index contributed by atoms with van der Waals surface area (Å²) < 4.78 is 24.3. The van der Waals surface area contributed by atoms with Gasteiger partial charge in [-0.3, -0.25) is 4.98 Å². The zero-order chi connectivity index (χ0) is 10.0. The van der Waals surface area contributed by atoms with E-state index in [4.69, 9.17) is 16.7 Å². The molecule has 1 N–H and O–H groups in total. The van der Waals surface area contributed by atoms with Crippen LogP contribution in [-0.4, -0.2) is 16.1 Å². The van der Waals surface area contributed by atoms with Crippen LogP contribution in [0.5, 0.6) is 0 Å². The molecular weight excluding hydrogens is 204 g/mol. The van der Waals surface area contributed by atoms with Gasteiger partial charge in [0.2, 0.25) is 0 Å². The van der Waals surface area contributed by atoms with Crippen molar-refractivity contribution in [1.82, 2.24) is 4.98 Å². The van der Waals surface area contributed by atoms with E-state index in [9.17, 15) is 13.6 Å². The Balaban J connectivity index is 3.26. The van der Waals surface area contributed by atoms with Crippen molar-refractivity contribution in [2.24, 2.45) is 0 Å². The first-order valence-electron chi connectivity index (χ1n) is 3.19. The van der Waals surface area contributed by atoms with Crippen LogP contribution in [-0.2, 0) is 0 Å². The zero-order valence-electron chi connectivity index (χ0n) is 6.17. The molecule has 0 spiro atoms. The highest BCUT2D eigenvalue weighted by Crippen LogP contribution is 2.28. The number of halogens is 3. The maximum absolute atomic E-state index is 12.2. The lowest BCUT2D eigenvalue weighted by Gasteiger charge is -2.03. The van der Waals surface area contributed by atoms with Gasteiger partial charge >= 0.3 is 5.97 Å². The molecule has 0 bridgehead atoms. The monoisotopic (exact) mass is 207 g/mol. The summed E-state index contributed by atoms with van der Waals surface area (Å²) in [5, 5.41) is 8.04. The smallest absolute Gasteiger partial charge is 0.338 e. The number of nitrogens with zero attached hydrogens (tertiary/aromatic N) is 1. The van der Waals surface area contributed by atoms with Gasteiger partial charge in [-0.1, -0.05) is 11.6 Å². The topological polar surface area (TPSA) is 50.2 Å². The maximum atomic E-state index is 12.2. The molecule has 3 nitrogen and oxygen atoms in total. The molecule has 0 atom stereocenters. The van der Waals surface area contributed by atoms with Crippen molar-refractivity contribution in [3.8, 4) is 0 Å². The number of aromatic nitrogens is 1. The average molecular weight is 208 g/mol. The van der Waals surface area contributed by atoms with E-state index < -0.39 is 28.5 Å². The van der Waals surface area contributed by atoms with Crippen LogP contribution in [0, 0.1) is 0 Å². The quantitative estimate of drug-likeness (QED) is 0.810. The summed E-state index contributed by atoms with van der Waals surface area (Å²) in [6.07, 6.45) is -1.05. The van der Waals surface area contributed by atoms with Crippen LogP contribution in [0.3, 0.4) is 0 Å². The van der Waals surface area contributed by atoms with Crippen molar-refractivity contribution in [2.45, 2.75) is 6.43 Å². The van der Waals surface area contributed by atoms with Crippen molar-refractivity contribution < 1.29 is 18.7 Å². The number of pyridine rings is 1. The van der Waals surface area contributed by atoms with Gasteiger partial charge in [-0.25, -0.2) is 13.6 Å². The number of rotatable bonds is 2. The summed E-state index contributed by atoms with van der Waals surface area (Å²) in [5.41, 5.74) is -0.985. The van der Waals surface area contributed by atoms with Gasteiger partial charge in [0.15, 0.2) is 0 Å². The lowest BCUT2D eigenvalue weighted by Crippen LogP contribution is -2.01. The van der Waals surface area contributed by atoms with Crippen molar-refractivity contribution >= 4 is 17.6 Å². The fraction of sp³-hybridized carbons (Fsp3) is 0.143. The molecule has 0 saturated heterocycles. The van der Waals surface area contributed by atoms with Gasteiger partial charge < -0.3 is 5.11 Å². The van der Waals surface area contributed by atoms with Gasteiger partial charge in [0, 0.05) is 12.4 Å². The second-order valence-electron chi connectivity index (χ2n) is 2.20. The Morgan fingerprint density at radius 2 is 2.15 bits per heavy atom. The van der Waals surface area contributed by atoms with Gasteiger partial charge in [0.25, 0.3) is 6.43 Å².